The van der Waals surface area contributed by atoms with Crippen molar-refractivity contribution >= 4 is 11.9 Å². The maximum atomic E-state index is 12.4. The van der Waals surface area contributed by atoms with E-state index in [4.69, 9.17) is 5.11 Å². The van der Waals surface area contributed by atoms with Crippen LogP contribution in [0.1, 0.15) is 51.4 Å². The van der Waals surface area contributed by atoms with Crippen molar-refractivity contribution in [3.8, 4) is 0 Å². The van der Waals surface area contributed by atoms with Gasteiger partial charge in [-0.2, -0.15) is 0 Å². The fourth-order valence-corrected chi connectivity index (χ4v) is 3.50. The van der Waals surface area contributed by atoms with Gasteiger partial charge >= 0.3 is 5.97 Å². The fourth-order valence-electron chi connectivity index (χ4n) is 3.50. The number of hydrogen-bond donors (Lipinski definition) is 1. The molecule has 0 aromatic carbocycles. The quantitative estimate of drug-likeness (QED) is 0.861. The Morgan fingerprint density at radius 2 is 1.62 bits per heavy atom. The number of piperidine rings is 1. The van der Waals surface area contributed by atoms with Gasteiger partial charge in [-0.1, -0.05) is 19.3 Å². The molecular formula is C16H28N2O3. The van der Waals surface area contributed by atoms with Crippen LogP contribution in [0.3, 0.4) is 0 Å². The molecule has 0 bridgehead atoms. The summed E-state index contributed by atoms with van der Waals surface area (Å²) in [4.78, 5) is 27.4. The highest BCUT2D eigenvalue weighted by Crippen LogP contribution is 2.20. The average Bonchev–Trinajstić information content (AvgIpc) is 2.37. The summed E-state index contributed by atoms with van der Waals surface area (Å²) in [6.07, 6.45) is 8.20. The van der Waals surface area contributed by atoms with Crippen LogP contribution in [0.15, 0.2) is 0 Å². The Hall–Kier alpha value is -1.10. The third kappa shape index (κ3) is 5.65. The first-order chi connectivity index (χ1) is 10.1. The Morgan fingerprint density at radius 3 is 2.29 bits per heavy atom. The van der Waals surface area contributed by atoms with Crippen molar-refractivity contribution < 1.29 is 14.7 Å². The van der Waals surface area contributed by atoms with Crippen molar-refractivity contribution in [3.63, 3.8) is 0 Å². The van der Waals surface area contributed by atoms with Crippen LogP contribution in [-0.2, 0) is 9.59 Å². The van der Waals surface area contributed by atoms with Gasteiger partial charge in [0.05, 0.1) is 6.54 Å². The van der Waals surface area contributed by atoms with Gasteiger partial charge in [-0.15, -0.1) is 0 Å². The lowest BCUT2D eigenvalue weighted by Gasteiger charge is -2.33. The Bertz CT molecular complexity index is 351. The van der Waals surface area contributed by atoms with E-state index < -0.39 is 5.97 Å². The number of carbonyl (C=O) groups excluding carboxylic acids is 1. The van der Waals surface area contributed by atoms with Gasteiger partial charge in [0.15, 0.2) is 0 Å². The molecule has 2 fully saturated rings. The summed E-state index contributed by atoms with van der Waals surface area (Å²) in [5.74, 6) is -0.291. The molecule has 1 unspecified atom stereocenters. The summed E-state index contributed by atoms with van der Waals surface area (Å²) < 4.78 is 0. The maximum absolute atomic E-state index is 12.4. The molecule has 2 heterocycles. The molecule has 1 amide bonds. The lowest BCUT2D eigenvalue weighted by Crippen LogP contribution is -2.45. The zero-order valence-corrected chi connectivity index (χ0v) is 12.9. The fraction of sp³-hybridized carbons (Fsp3) is 0.875. The predicted octanol–water partition coefficient (Wildman–Crippen LogP) is 1.97. The van der Waals surface area contributed by atoms with Crippen molar-refractivity contribution in [1.82, 2.24) is 9.80 Å². The van der Waals surface area contributed by atoms with Gasteiger partial charge in [0.1, 0.15) is 0 Å². The highest BCUT2D eigenvalue weighted by molar-refractivity contribution is 5.78. The van der Waals surface area contributed by atoms with E-state index in [0.29, 0.717) is 6.54 Å². The zero-order chi connectivity index (χ0) is 15.1. The van der Waals surface area contributed by atoms with E-state index >= 15 is 0 Å². The molecule has 1 N–H and O–H groups in total. The molecule has 0 aromatic rings. The van der Waals surface area contributed by atoms with E-state index in [9.17, 15) is 9.59 Å². The summed E-state index contributed by atoms with van der Waals surface area (Å²) in [7, 11) is 0. The number of aliphatic carboxylic acids is 1. The van der Waals surface area contributed by atoms with Crippen molar-refractivity contribution in [3.05, 3.63) is 0 Å². The summed E-state index contributed by atoms with van der Waals surface area (Å²) in [6, 6.07) is 0. The average molecular weight is 296 g/mol. The second-order valence-corrected chi connectivity index (χ2v) is 6.49. The van der Waals surface area contributed by atoms with E-state index in [-0.39, 0.29) is 18.2 Å². The van der Waals surface area contributed by atoms with Crippen molar-refractivity contribution in [2.24, 2.45) is 5.92 Å². The number of rotatable bonds is 4. The number of carboxylic acids is 1. The van der Waals surface area contributed by atoms with E-state index in [0.717, 1.165) is 51.9 Å². The van der Waals surface area contributed by atoms with Crippen LogP contribution < -0.4 is 0 Å². The van der Waals surface area contributed by atoms with Crippen LogP contribution >= 0.6 is 0 Å². The maximum Gasteiger partial charge on any atom is 0.303 e. The first kappa shape index (κ1) is 16.3. The second-order valence-electron chi connectivity index (χ2n) is 6.49. The molecule has 0 spiro atoms. The van der Waals surface area contributed by atoms with Crippen LogP contribution in [0.4, 0.5) is 0 Å². The van der Waals surface area contributed by atoms with Gasteiger partial charge in [0.2, 0.25) is 5.91 Å². The number of carbonyl (C=O) groups is 2. The summed E-state index contributed by atoms with van der Waals surface area (Å²) in [5.41, 5.74) is 0. The molecule has 0 aromatic heterocycles. The molecule has 21 heavy (non-hydrogen) atoms. The van der Waals surface area contributed by atoms with Crippen LogP contribution in [-0.4, -0.2) is 59.5 Å². The van der Waals surface area contributed by atoms with Crippen LogP contribution in [0.25, 0.3) is 0 Å². The first-order valence-electron chi connectivity index (χ1n) is 8.37. The molecular weight excluding hydrogens is 268 g/mol. The standard InChI is InChI=1S/C16H28N2O3/c19-15(18-9-4-2-1-3-5-10-18)13-17-8-6-7-14(12-17)11-16(20)21/h14H,1-13H2,(H,20,21). The van der Waals surface area contributed by atoms with Crippen LogP contribution in [0.2, 0.25) is 0 Å². The Morgan fingerprint density at radius 1 is 0.952 bits per heavy atom. The number of likely N-dealkylation sites (tertiary alicyclic amines) is 2. The van der Waals surface area contributed by atoms with Gasteiger partial charge in [-0.05, 0) is 38.1 Å². The van der Waals surface area contributed by atoms with Gasteiger partial charge < -0.3 is 10.0 Å². The molecule has 5 heteroatoms. The summed E-state index contributed by atoms with van der Waals surface area (Å²) in [5, 5.41) is 8.90. The SMILES string of the molecule is O=C(O)CC1CCCN(CC(=O)N2CCCCCCC2)C1. The molecule has 5 nitrogen and oxygen atoms in total. The molecule has 0 saturated carbocycles. The zero-order valence-electron chi connectivity index (χ0n) is 12.9. The lowest BCUT2D eigenvalue weighted by molar-refractivity contribution is -0.138. The normalized spacial score (nSPS) is 25.1. The van der Waals surface area contributed by atoms with Crippen molar-refractivity contribution in [2.45, 2.75) is 51.4 Å². The molecule has 2 aliphatic rings. The molecule has 2 saturated heterocycles. The molecule has 120 valence electrons. The van der Waals surface area contributed by atoms with Crippen molar-refractivity contribution in [1.29, 1.82) is 0 Å². The van der Waals surface area contributed by atoms with Gasteiger partial charge in [0.25, 0.3) is 0 Å². The smallest absolute Gasteiger partial charge is 0.303 e. The highest BCUT2D eigenvalue weighted by atomic mass is 16.4. The van der Waals surface area contributed by atoms with Crippen LogP contribution in [0.5, 0.6) is 0 Å². The molecule has 1 atom stereocenters. The molecule has 2 rings (SSSR count). The van der Waals surface area contributed by atoms with Gasteiger partial charge in [-0.3, -0.25) is 14.5 Å². The topological polar surface area (TPSA) is 60.9 Å². The molecule has 0 radical (unpaired) electrons. The third-order valence-corrected chi connectivity index (χ3v) is 4.63. The minimum absolute atomic E-state index is 0.205. The first-order valence-corrected chi connectivity index (χ1v) is 8.37. The lowest BCUT2D eigenvalue weighted by atomic mass is 9.95. The van der Waals surface area contributed by atoms with Crippen molar-refractivity contribution in [2.75, 3.05) is 32.7 Å². The van der Waals surface area contributed by atoms with E-state index in [1.807, 2.05) is 4.90 Å². The highest BCUT2D eigenvalue weighted by Gasteiger charge is 2.25. The molecule has 0 aliphatic carbocycles. The number of nitrogens with zero attached hydrogens (tertiary/aromatic N) is 2. The summed E-state index contributed by atoms with van der Waals surface area (Å²) >= 11 is 0. The van der Waals surface area contributed by atoms with Gasteiger partial charge in [0, 0.05) is 26.1 Å². The van der Waals surface area contributed by atoms with Crippen LogP contribution in [0, 0.1) is 5.92 Å². The largest absolute Gasteiger partial charge is 0.481 e. The van der Waals surface area contributed by atoms with E-state index in [1.165, 1.54) is 19.3 Å². The third-order valence-electron chi connectivity index (χ3n) is 4.63. The number of carboxylic acid groups (broad SMARTS) is 1. The number of hydrogen-bond acceptors (Lipinski definition) is 3. The Balaban J connectivity index is 1.79. The predicted molar refractivity (Wildman–Crippen MR) is 81.1 cm³/mol. The minimum Gasteiger partial charge on any atom is -0.481 e. The van der Waals surface area contributed by atoms with Gasteiger partial charge in [-0.25, -0.2) is 0 Å². The Kier molecular flexibility index (Phi) is 6.49. The molecule has 2 aliphatic heterocycles. The number of amides is 1. The van der Waals surface area contributed by atoms with E-state index in [2.05, 4.69) is 4.90 Å². The second kappa shape index (κ2) is 8.37. The van der Waals surface area contributed by atoms with E-state index in [1.54, 1.807) is 0 Å². The minimum atomic E-state index is -0.725. The Labute approximate surface area is 127 Å². The summed E-state index contributed by atoms with van der Waals surface area (Å²) in [6.45, 7) is 3.94. The monoisotopic (exact) mass is 296 g/mol.